The number of nitrogens with zero attached hydrogens (tertiary/aromatic N) is 2. The summed E-state index contributed by atoms with van der Waals surface area (Å²) in [6.07, 6.45) is 2.40. The predicted octanol–water partition coefficient (Wildman–Crippen LogP) is 2.38. The smallest absolute Gasteiger partial charge is 0.171 e. The average molecular weight is 249 g/mol. The molecule has 3 rings (SSSR count). The normalized spacial score (nSPS) is 17.1. The minimum absolute atomic E-state index is 0.295. The highest BCUT2D eigenvalue weighted by Gasteiger charge is 2.28. The van der Waals surface area contributed by atoms with Crippen molar-refractivity contribution >= 4 is 11.6 Å². The van der Waals surface area contributed by atoms with E-state index in [4.69, 9.17) is 17.3 Å². The first kappa shape index (κ1) is 10.7. The predicted molar refractivity (Wildman–Crippen MR) is 65.8 cm³/mol. The van der Waals surface area contributed by atoms with Crippen molar-refractivity contribution in [3.05, 3.63) is 46.5 Å². The standard InChI is InChI=1S/C12H13ClN4/c13-9-5-3-7(4-6-9)10(14)12-15-11(16-17-12)8-1-2-8/h3-6,8,10H,1-2,14H2,(H,15,16,17)/t10-/m1/s1. The Hall–Kier alpha value is -1.39. The van der Waals surface area contributed by atoms with E-state index in [2.05, 4.69) is 15.2 Å². The fraction of sp³-hybridized carbons (Fsp3) is 0.333. The number of nitrogens with one attached hydrogen (secondary N) is 1. The van der Waals surface area contributed by atoms with Gasteiger partial charge in [-0.05, 0) is 30.5 Å². The summed E-state index contributed by atoms with van der Waals surface area (Å²) in [6.45, 7) is 0. The van der Waals surface area contributed by atoms with Gasteiger partial charge in [0.2, 0.25) is 0 Å². The molecule has 1 fully saturated rings. The zero-order chi connectivity index (χ0) is 11.8. The molecule has 0 aliphatic heterocycles. The van der Waals surface area contributed by atoms with Crippen LogP contribution >= 0.6 is 11.6 Å². The van der Waals surface area contributed by atoms with Crippen LogP contribution in [0.25, 0.3) is 0 Å². The number of hydrogen-bond acceptors (Lipinski definition) is 3. The van der Waals surface area contributed by atoms with E-state index in [1.54, 1.807) is 0 Å². The second-order valence-corrected chi connectivity index (χ2v) is 4.82. The van der Waals surface area contributed by atoms with Gasteiger partial charge in [0.05, 0.1) is 6.04 Å². The Bertz CT molecular complexity index is 516. The van der Waals surface area contributed by atoms with E-state index >= 15 is 0 Å². The van der Waals surface area contributed by atoms with E-state index in [9.17, 15) is 0 Å². The molecule has 2 aromatic rings. The van der Waals surface area contributed by atoms with Crippen LogP contribution < -0.4 is 5.73 Å². The quantitative estimate of drug-likeness (QED) is 0.876. The number of aromatic nitrogens is 3. The summed E-state index contributed by atoms with van der Waals surface area (Å²) in [5, 5.41) is 7.85. The third-order valence-electron chi connectivity index (χ3n) is 2.99. The van der Waals surface area contributed by atoms with Crippen LogP contribution in [0.5, 0.6) is 0 Å². The molecule has 1 heterocycles. The second kappa shape index (κ2) is 4.13. The minimum Gasteiger partial charge on any atom is -0.318 e. The molecule has 0 unspecified atom stereocenters. The minimum atomic E-state index is -0.295. The highest BCUT2D eigenvalue weighted by molar-refractivity contribution is 6.30. The van der Waals surface area contributed by atoms with Crippen molar-refractivity contribution in [1.29, 1.82) is 0 Å². The van der Waals surface area contributed by atoms with Gasteiger partial charge in [0.25, 0.3) is 0 Å². The molecule has 4 nitrogen and oxygen atoms in total. The van der Waals surface area contributed by atoms with Crippen LogP contribution in [0.1, 0.15) is 42.0 Å². The summed E-state index contributed by atoms with van der Waals surface area (Å²) >= 11 is 5.84. The Labute approximate surface area is 104 Å². The van der Waals surface area contributed by atoms with Crippen LogP contribution in [0.3, 0.4) is 0 Å². The summed E-state index contributed by atoms with van der Waals surface area (Å²) in [5.74, 6) is 2.17. The van der Waals surface area contributed by atoms with Gasteiger partial charge in [-0.15, -0.1) is 0 Å². The Morgan fingerprint density at radius 2 is 2.00 bits per heavy atom. The maximum absolute atomic E-state index is 6.11. The number of rotatable bonds is 3. The van der Waals surface area contributed by atoms with Gasteiger partial charge in [-0.1, -0.05) is 23.7 Å². The molecule has 1 atom stereocenters. The molecule has 5 heteroatoms. The van der Waals surface area contributed by atoms with E-state index in [0.717, 1.165) is 11.4 Å². The lowest BCUT2D eigenvalue weighted by Crippen LogP contribution is -2.13. The molecule has 0 saturated heterocycles. The van der Waals surface area contributed by atoms with Gasteiger partial charge in [-0.2, -0.15) is 5.10 Å². The number of aromatic amines is 1. The van der Waals surface area contributed by atoms with Gasteiger partial charge in [0.1, 0.15) is 5.82 Å². The summed E-state index contributed by atoms with van der Waals surface area (Å²) < 4.78 is 0. The molecule has 1 aromatic carbocycles. The molecule has 88 valence electrons. The van der Waals surface area contributed by atoms with E-state index in [1.165, 1.54) is 12.8 Å². The molecule has 0 radical (unpaired) electrons. The number of hydrogen-bond donors (Lipinski definition) is 2. The number of halogens is 1. The maximum atomic E-state index is 6.11. The Morgan fingerprint density at radius 1 is 1.29 bits per heavy atom. The summed E-state index contributed by atoms with van der Waals surface area (Å²) in [4.78, 5) is 4.45. The van der Waals surface area contributed by atoms with Gasteiger partial charge < -0.3 is 5.73 Å². The van der Waals surface area contributed by atoms with Crippen LogP contribution in [0.4, 0.5) is 0 Å². The Morgan fingerprint density at radius 3 is 2.65 bits per heavy atom. The van der Waals surface area contributed by atoms with Crippen molar-refractivity contribution in [1.82, 2.24) is 15.2 Å². The van der Waals surface area contributed by atoms with Gasteiger partial charge in [-0.25, -0.2) is 4.98 Å². The van der Waals surface area contributed by atoms with Crippen LogP contribution in [-0.4, -0.2) is 15.2 Å². The van der Waals surface area contributed by atoms with E-state index in [0.29, 0.717) is 16.8 Å². The molecule has 0 bridgehead atoms. The van der Waals surface area contributed by atoms with Crippen LogP contribution in [0.15, 0.2) is 24.3 Å². The summed E-state index contributed by atoms with van der Waals surface area (Å²) in [5.41, 5.74) is 7.08. The average Bonchev–Trinajstić information content (AvgIpc) is 3.07. The maximum Gasteiger partial charge on any atom is 0.171 e. The topological polar surface area (TPSA) is 67.6 Å². The van der Waals surface area contributed by atoms with Crippen molar-refractivity contribution in [2.24, 2.45) is 5.73 Å². The van der Waals surface area contributed by atoms with Crippen LogP contribution in [0.2, 0.25) is 5.02 Å². The number of H-pyrrole nitrogens is 1. The first-order valence-corrected chi connectivity index (χ1v) is 6.05. The molecule has 1 aliphatic rings. The fourth-order valence-corrected chi connectivity index (χ4v) is 1.91. The third-order valence-corrected chi connectivity index (χ3v) is 3.24. The molecule has 1 saturated carbocycles. The second-order valence-electron chi connectivity index (χ2n) is 4.38. The van der Waals surface area contributed by atoms with Gasteiger partial charge in [0.15, 0.2) is 5.82 Å². The van der Waals surface area contributed by atoms with E-state index < -0.39 is 0 Å². The molecule has 0 spiro atoms. The van der Waals surface area contributed by atoms with Crippen molar-refractivity contribution in [2.45, 2.75) is 24.8 Å². The Kier molecular flexibility index (Phi) is 2.61. The van der Waals surface area contributed by atoms with Crippen molar-refractivity contribution in [3.8, 4) is 0 Å². The van der Waals surface area contributed by atoms with Gasteiger partial charge in [-0.3, -0.25) is 5.10 Å². The lowest BCUT2D eigenvalue weighted by molar-refractivity contribution is 0.787. The van der Waals surface area contributed by atoms with Crippen molar-refractivity contribution in [2.75, 3.05) is 0 Å². The van der Waals surface area contributed by atoms with E-state index in [-0.39, 0.29) is 6.04 Å². The molecule has 3 N–H and O–H groups in total. The number of benzene rings is 1. The lowest BCUT2D eigenvalue weighted by atomic mass is 10.1. The summed E-state index contributed by atoms with van der Waals surface area (Å²) in [6, 6.07) is 7.16. The van der Waals surface area contributed by atoms with E-state index in [1.807, 2.05) is 24.3 Å². The van der Waals surface area contributed by atoms with Gasteiger partial charge >= 0.3 is 0 Å². The molecular formula is C12H13ClN4. The molecule has 0 amide bonds. The Balaban J connectivity index is 1.84. The lowest BCUT2D eigenvalue weighted by Gasteiger charge is -2.07. The molecule has 1 aliphatic carbocycles. The molecule has 17 heavy (non-hydrogen) atoms. The first-order valence-electron chi connectivity index (χ1n) is 5.67. The van der Waals surface area contributed by atoms with Crippen molar-refractivity contribution in [3.63, 3.8) is 0 Å². The highest BCUT2D eigenvalue weighted by atomic mass is 35.5. The van der Waals surface area contributed by atoms with Crippen LogP contribution in [-0.2, 0) is 0 Å². The molecule has 1 aromatic heterocycles. The van der Waals surface area contributed by atoms with Gasteiger partial charge in [0, 0.05) is 10.9 Å². The summed E-state index contributed by atoms with van der Waals surface area (Å²) in [7, 11) is 0. The zero-order valence-corrected chi connectivity index (χ0v) is 9.98. The monoisotopic (exact) mass is 248 g/mol. The highest BCUT2D eigenvalue weighted by Crippen LogP contribution is 2.38. The first-order chi connectivity index (χ1) is 8.24. The number of nitrogens with two attached hydrogens (primary N) is 1. The SMILES string of the molecule is N[C@H](c1ccc(Cl)cc1)c1n[nH]c(C2CC2)n1. The molecular weight excluding hydrogens is 236 g/mol. The zero-order valence-electron chi connectivity index (χ0n) is 9.23. The van der Waals surface area contributed by atoms with Crippen LogP contribution in [0, 0.1) is 0 Å². The van der Waals surface area contributed by atoms with Crippen molar-refractivity contribution < 1.29 is 0 Å². The largest absolute Gasteiger partial charge is 0.318 e. The third kappa shape index (κ3) is 2.18. The fourth-order valence-electron chi connectivity index (χ4n) is 1.79.